The van der Waals surface area contributed by atoms with Crippen LogP contribution in [0.2, 0.25) is 0 Å². The predicted molar refractivity (Wildman–Crippen MR) is 96.8 cm³/mol. The number of fused-ring (bicyclic) bond motifs is 1. The van der Waals surface area contributed by atoms with Crippen molar-refractivity contribution in [2.45, 2.75) is 26.6 Å². The molecule has 0 aliphatic carbocycles. The average Bonchev–Trinajstić information content (AvgIpc) is 2.86. The molecule has 3 N–H and O–H groups in total. The number of aryl methyl sites for hydroxylation is 1. The molecule has 2 aromatic carbocycles. The Balaban J connectivity index is 2.16. The van der Waals surface area contributed by atoms with Gasteiger partial charge in [0, 0.05) is 30.1 Å². The highest BCUT2D eigenvalue weighted by Crippen LogP contribution is 2.39. The largest absolute Gasteiger partial charge is 0.416 e. The summed E-state index contributed by atoms with van der Waals surface area (Å²) in [4.78, 5) is 11.1. The minimum atomic E-state index is -4.41. The maximum absolute atomic E-state index is 13.1. The van der Waals surface area contributed by atoms with E-state index in [0.717, 1.165) is 17.7 Å². The van der Waals surface area contributed by atoms with Crippen LogP contribution in [0.3, 0.4) is 0 Å². The molecule has 0 radical (unpaired) electrons. The molecule has 3 aromatic rings. The average molecular weight is 361 g/mol. The van der Waals surface area contributed by atoms with Crippen molar-refractivity contribution in [3.63, 3.8) is 0 Å². The molecular weight excluding hydrogens is 343 g/mol. The molecule has 4 nitrogen and oxygen atoms in total. The van der Waals surface area contributed by atoms with Crippen molar-refractivity contribution in [3.05, 3.63) is 48.0 Å². The van der Waals surface area contributed by atoms with Crippen LogP contribution in [0.15, 0.2) is 42.5 Å². The Morgan fingerprint density at radius 2 is 1.81 bits per heavy atom. The summed E-state index contributed by atoms with van der Waals surface area (Å²) in [5.74, 6) is -0.181. The number of aromatic nitrogens is 1. The first-order chi connectivity index (χ1) is 12.2. The minimum absolute atomic E-state index is 0.181. The number of anilines is 2. The lowest BCUT2D eigenvalue weighted by Gasteiger charge is -2.11. The van der Waals surface area contributed by atoms with Crippen molar-refractivity contribution in [1.82, 2.24) is 4.57 Å². The van der Waals surface area contributed by atoms with Crippen molar-refractivity contribution >= 4 is 28.2 Å². The Labute approximate surface area is 148 Å². The number of nitrogens with zero attached hydrogens (tertiary/aromatic N) is 1. The molecule has 0 saturated carbocycles. The maximum atomic E-state index is 13.1. The number of nitrogens with two attached hydrogens (primary N) is 1. The van der Waals surface area contributed by atoms with Gasteiger partial charge in [-0.1, -0.05) is 18.2 Å². The van der Waals surface area contributed by atoms with E-state index in [1.54, 1.807) is 28.8 Å². The van der Waals surface area contributed by atoms with Gasteiger partial charge in [-0.05, 0) is 31.2 Å². The van der Waals surface area contributed by atoms with Gasteiger partial charge in [-0.2, -0.15) is 13.2 Å². The van der Waals surface area contributed by atoms with Crippen LogP contribution in [0.1, 0.15) is 19.4 Å². The Kier molecular flexibility index (Phi) is 4.39. The third-order valence-corrected chi connectivity index (χ3v) is 4.23. The second kappa shape index (κ2) is 6.40. The fraction of sp³-hybridized carbons (Fsp3) is 0.211. The van der Waals surface area contributed by atoms with Gasteiger partial charge < -0.3 is 15.6 Å². The third kappa shape index (κ3) is 3.12. The van der Waals surface area contributed by atoms with Crippen molar-refractivity contribution in [1.29, 1.82) is 0 Å². The molecule has 0 unspecified atom stereocenters. The highest BCUT2D eigenvalue weighted by Gasteiger charge is 2.31. The van der Waals surface area contributed by atoms with Gasteiger partial charge in [-0.3, -0.25) is 4.79 Å². The number of nitrogen functional groups attached to an aromatic ring is 1. The molecule has 0 fully saturated rings. The zero-order valence-corrected chi connectivity index (χ0v) is 14.3. The van der Waals surface area contributed by atoms with E-state index >= 15 is 0 Å². The molecule has 0 bridgehead atoms. The van der Waals surface area contributed by atoms with Crippen LogP contribution >= 0.6 is 0 Å². The number of hydrogen-bond acceptors (Lipinski definition) is 2. The second-order valence-corrected chi connectivity index (χ2v) is 5.99. The molecule has 136 valence electrons. The van der Waals surface area contributed by atoms with E-state index in [0.29, 0.717) is 34.5 Å². The Bertz CT molecular complexity index is 972. The van der Waals surface area contributed by atoms with Gasteiger partial charge in [-0.15, -0.1) is 0 Å². The molecule has 0 saturated heterocycles. The summed E-state index contributed by atoms with van der Waals surface area (Å²) >= 11 is 0. The van der Waals surface area contributed by atoms with Gasteiger partial charge in [0.2, 0.25) is 5.91 Å². The second-order valence-electron chi connectivity index (χ2n) is 5.99. The number of rotatable bonds is 3. The summed E-state index contributed by atoms with van der Waals surface area (Å²) in [7, 11) is 0. The number of hydrogen-bond donors (Lipinski definition) is 2. The quantitative estimate of drug-likeness (QED) is 0.698. The maximum Gasteiger partial charge on any atom is 0.416 e. The van der Waals surface area contributed by atoms with E-state index in [1.165, 1.54) is 13.0 Å². The van der Waals surface area contributed by atoms with Crippen molar-refractivity contribution in [2.75, 3.05) is 11.1 Å². The van der Waals surface area contributed by atoms with Crippen LogP contribution in [-0.4, -0.2) is 10.5 Å². The van der Waals surface area contributed by atoms with Crippen molar-refractivity contribution in [2.24, 2.45) is 0 Å². The monoisotopic (exact) mass is 361 g/mol. The van der Waals surface area contributed by atoms with E-state index in [9.17, 15) is 18.0 Å². The van der Waals surface area contributed by atoms with Crippen LogP contribution in [0.4, 0.5) is 24.5 Å². The number of nitrogens with one attached hydrogen (secondary N) is 1. The Morgan fingerprint density at radius 1 is 1.15 bits per heavy atom. The standard InChI is InChI=1S/C19H18F3N3O/c1-3-25-16-10-13(19(20,21)22)6-9-15(16)17(23)18(25)12-4-7-14(8-5-12)24-11(2)26/h4-10H,3,23H2,1-2H3,(H,24,26). The summed E-state index contributed by atoms with van der Waals surface area (Å²) in [6.45, 7) is 3.74. The highest BCUT2D eigenvalue weighted by molar-refractivity contribution is 6.01. The van der Waals surface area contributed by atoms with Gasteiger partial charge in [0.25, 0.3) is 0 Å². The lowest BCUT2D eigenvalue weighted by atomic mass is 10.1. The first kappa shape index (κ1) is 17.8. The van der Waals surface area contributed by atoms with Crippen molar-refractivity contribution in [3.8, 4) is 11.3 Å². The number of carbonyl (C=O) groups excluding carboxylic acids is 1. The summed E-state index contributed by atoms with van der Waals surface area (Å²) in [6, 6.07) is 10.6. The van der Waals surface area contributed by atoms with Crippen LogP contribution in [0.25, 0.3) is 22.2 Å². The van der Waals surface area contributed by atoms with Gasteiger partial charge >= 0.3 is 6.18 Å². The molecule has 7 heteroatoms. The molecule has 0 aliphatic heterocycles. The molecule has 1 amide bonds. The Morgan fingerprint density at radius 3 is 2.35 bits per heavy atom. The van der Waals surface area contributed by atoms with Crippen molar-refractivity contribution < 1.29 is 18.0 Å². The molecule has 1 heterocycles. The number of amides is 1. The van der Waals surface area contributed by atoms with Crippen LogP contribution in [0.5, 0.6) is 0 Å². The molecular formula is C19H18F3N3O. The predicted octanol–water partition coefficient (Wildman–Crippen LogP) is 4.89. The topological polar surface area (TPSA) is 60.0 Å². The number of alkyl halides is 3. The van der Waals surface area contributed by atoms with Gasteiger partial charge in [0.05, 0.1) is 22.5 Å². The van der Waals surface area contributed by atoms with Gasteiger partial charge in [-0.25, -0.2) is 0 Å². The van der Waals surface area contributed by atoms with Crippen LogP contribution < -0.4 is 11.1 Å². The van der Waals surface area contributed by atoms with Crippen LogP contribution in [0, 0.1) is 0 Å². The van der Waals surface area contributed by atoms with E-state index in [2.05, 4.69) is 5.32 Å². The van der Waals surface area contributed by atoms with Gasteiger partial charge in [0.15, 0.2) is 0 Å². The normalized spacial score (nSPS) is 11.7. The summed E-state index contributed by atoms with van der Waals surface area (Å²) in [6.07, 6.45) is -4.41. The fourth-order valence-electron chi connectivity index (χ4n) is 3.11. The van der Waals surface area contributed by atoms with Gasteiger partial charge in [0.1, 0.15) is 0 Å². The van der Waals surface area contributed by atoms with E-state index in [4.69, 9.17) is 5.73 Å². The molecule has 0 aliphatic rings. The lowest BCUT2D eigenvalue weighted by molar-refractivity contribution is -0.137. The fourth-order valence-corrected chi connectivity index (χ4v) is 3.11. The molecule has 26 heavy (non-hydrogen) atoms. The zero-order chi connectivity index (χ0) is 19.1. The summed E-state index contributed by atoms with van der Waals surface area (Å²) in [5, 5.41) is 3.26. The van der Waals surface area contributed by atoms with E-state index in [1.807, 2.05) is 6.92 Å². The number of halogens is 3. The number of benzene rings is 2. The molecule has 3 rings (SSSR count). The first-order valence-corrected chi connectivity index (χ1v) is 8.09. The molecule has 0 atom stereocenters. The zero-order valence-electron chi connectivity index (χ0n) is 14.3. The minimum Gasteiger partial charge on any atom is -0.396 e. The smallest absolute Gasteiger partial charge is 0.396 e. The Hall–Kier alpha value is -2.96. The highest BCUT2D eigenvalue weighted by atomic mass is 19.4. The van der Waals surface area contributed by atoms with E-state index < -0.39 is 11.7 Å². The summed E-state index contributed by atoms with van der Waals surface area (Å²) < 4.78 is 40.9. The first-order valence-electron chi connectivity index (χ1n) is 8.09. The lowest BCUT2D eigenvalue weighted by Crippen LogP contribution is -2.06. The third-order valence-electron chi connectivity index (χ3n) is 4.23. The van der Waals surface area contributed by atoms with E-state index in [-0.39, 0.29) is 5.91 Å². The summed E-state index contributed by atoms with van der Waals surface area (Å²) in [5.41, 5.74) is 8.50. The molecule has 0 spiro atoms. The van der Waals surface area contributed by atoms with Crippen LogP contribution in [-0.2, 0) is 17.5 Å². The number of carbonyl (C=O) groups is 1. The molecule has 1 aromatic heterocycles. The SMILES string of the molecule is CCn1c(-c2ccc(NC(C)=O)cc2)c(N)c2ccc(C(F)(F)F)cc21.